The molecule has 4 aromatic carbocycles. The van der Waals surface area contributed by atoms with E-state index in [-0.39, 0.29) is 29.0 Å². The van der Waals surface area contributed by atoms with Gasteiger partial charge in [-0.15, -0.1) is 0 Å². The highest BCUT2D eigenvalue weighted by atomic mass is 35.5. The van der Waals surface area contributed by atoms with Gasteiger partial charge in [-0.05, 0) is 120 Å². The Labute approximate surface area is 403 Å². The summed E-state index contributed by atoms with van der Waals surface area (Å²) in [6, 6.07) is 32.2. The van der Waals surface area contributed by atoms with Gasteiger partial charge in [0.1, 0.15) is 36.3 Å². The van der Waals surface area contributed by atoms with E-state index in [1.54, 1.807) is 63.3 Å². The van der Waals surface area contributed by atoms with Gasteiger partial charge in [-0.1, -0.05) is 24.3 Å². The number of aryl methyl sites for hydroxylation is 2. The number of rotatable bonds is 8. The van der Waals surface area contributed by atoms with Crippen molar-refractivity contribution in [1.82, 2.24) is 29.9 Å². The molecule has 352 valence electrons. The van der Waals surface area contributed by atoms with E-state index in [0.29, 0.717) is 48.0 Å². The molecule has 0 bridgehead atoms. The van der Waals surface area contributed by atoms with Crippen LogP contribution in [0.1, 0.15) is 34.6 Å². The maximum atomic E-state index is 13.4. The fraction of sp³-hybridized carbons (Fsp3) is 0.192. The van der Waals surface area contributed by atoms with Crippen molar-refractivity contribution in [2.75, 3.05) is 62.4 Å². The average Bonchev–Trinajstić information content (AvgIpc) is 3.35. The van der Waals surface area contributed by atoms with Crippen LogP contribution in [-0.2, 0) is 0 Å². The normalized spacial score (nSPS) is 14.6. The quantitative estimate of drug-likeness (QED) is 0.109. The minimum Gasteiger partial charge on any atom is -0.496 e. The monoisotopic (exact) mass is 950 g/mol. The lowest BCUT2D eigenvalue weighted by Gasteiger charge is -2.35. The van der Waals surface area contributed by atoms with Crippen molar-refractivity contribution in [2.24, 2.45) is 0 Å². The second kappa shape index (κ2) is 21.2. The molecule has 3 N–H and O–H groups in total. The summed E-state index contributed by atoms with van der Waals surface area (Å²) in [4.78, 5) is 29.6. The van der Waals surface area contributed by atoms with Gasteiger partial charge < -0.3 is 39.8 Å². The molecule has 8 aromatic rings. The first-order chi connectivity index (χ1) is 33.4. The molecule has 10 rings (SSSR count). The molecule has 2 aliphatic heterocycles. The molecule has 2 atom stereocenters. The van der Waals surface area contributed by atoms with Crippen LogP contribution in [0.5, 0.6) is 23.0 Å². The van der Waals surface area contributed by atoms with Crippen molar-refractivity contribution in [3.8, 4) is 45.3 Å². The van der Waals surface area contributed by atoms with Gasteiger partial charge in [-0.2, -0.15) is 9.97 Å². The molecule has 0 amide bonds. The van der Waals surface area contributed by atoms with Gasteiger partial charge in [0.2, 0.25) is 11.2 Å². The number of benzene rings is 4. The van der Waals surface area contributed by atoms with Crippen LogP contribution in [0.15, 0.2) is 134 Å². The van der Waals surface area contributed by atoms with Crippen molar-refractivity contribution < 1.29 is 27.7 Å². The standard InChI is InChI=1S/C26H24FN5O2.C13H11ClFN3O.C13H14N2O/c1-16-12-18(10-11-28-16)21-9-8-20(13-23(21)33-3)30-26-29-14-24-25(31-26)32(2)22(15-34-24)17-4-6-19(27)7-5-17;1-18-10(8-2-4-9(15)5-3-8)7-19-11-6-16-13(14)17-12(11)18;1-9-7-10(5-6-15-9)12-4-3-11(14)8-13(12)16-2/h4-14,22H,15H2,1-3H3,(H,29,30,31);2-6,10H,7H2,1H3;3-8H,14H2,1-2H3. The number of hydrogen-bond donors (Lipinski definition) is 2. The Kier molecular flexibility index (Phi) is 14.6. The molecule has 0 radical (unpaired) electrons. The Hall–Kier alpha value is -8.11. The van der Waals surface area contributed by atoms with Crippen molar-refractivity contribution in [3.63, 3.8) is 0 Å². The zero-order valence-electron chi connectivity index (χ0n) is 38.7. The number of nitrogens with zero attached hydrogens (tertiary/aromatic N) is 8. The molecule has 4 aromatic heterocycles. The van der Waals surface area contributed by atoms with E-state index in [4.69, 9.17) is 36.3 Å². The summed E-state index contributed by atoms with van der Waals surface area (Å²) in [5, 5.41) is 3.43. The molecule has 0 fully saturated rings. The van der Waals surface area contributed by atoms with E-state index in [2.05, 4.69) is 35.2 Å². The van der Waals surface area contributed by atoms with Crippen molar-refractivity contribution in [2.45, 2.75) is 25.9 Å². The summed E-state index contributed by atoms with van der Waals surface area (Å²) in [7, 11) is 7.14. The van der Waals surface area contributed by atoms with E-state index in [9.17, 15) is 8.78 Å². The van der Waals surface area contributed by atoms with E-state index in [0.717, 1.165) is 62.0 Å². The molecule has 0 saturated heterocycles. The minimum absolute atomic E-state index is 0.0286. The fourth-order valence-corrected chi connectivity index (χ4v) is 7.98. The highest BCUT2D eigenvalue weighted by Gasteiger charge is 2.29. The number of nitrogens with one attached hydrogen (secondary N) is 1. The van der Waals surface area contributed by atoms with Crippen molar-refractivity contribution >= 4 is 40.6 Å². The van der Waals surface area contributed by atoms with Crippen LogP contribution >= 0.6 is 11.6 Å². The van der Waals surface area contributed by atoms with Crippen molar-refractivity contribution in [3.05, 3.63) is 173 Å². The topological polar surface area (TPSA) is 159 Å². The Morgan fingerprint density at radius 1 is 0.623 bits per heavy atom. The third kappa shape index (κ3) is 11.2. The van der Waals surface area contributed by atoms with Gasteiger partial charge in [0.25, 0.3) is 0 Å². The second-order valence-corrected chi connectivity index (χ2v) is 16.4. The predicted octanol–water partition coefficient (Wildman–Crippen LogP) is 10.8. The van der Waals surface area contributed by atoms with Crippen LogP contribution in [0, 0.1) is 25.5 Å². The van der Waals surface area contributed by atoms with Gasteiger partial charge in [0.05, 0.1) is 38.7 Å². The van der Waals surface area contributed by atoms with E-state index in [1.807, 2.05) is 98.4 Å². The molecular weight excluding hydrogens is 902 g/mol. The molecule has 0 spiro atoms. The molecule has 14 nitrogen and oxygen atoms in total. The highest BCUT2D eigenvalue weighted by molar-refractivity contribution is 6.28. The Balaban J connectivity index is 0.000000154. The summed E-state index contributed by atoms with van der Waals surface area (Å²) in [5.41, 5.74) is 15.2. The van der Waals surface area contributed by atoms with Gasteiger partial charge in [0.15, 0.2) is 23.1 Å². The number of fused-ring (bicyclic) bond motifs is 2. The lowest BCUT2D eigenvalue weighted by atomic mass is 10.0. The second-order valence-electron chi connectivity index (χ2n) is 16.1. The Bertz CT molecular complexity index is 3060. The zero-order chi connectivity index (χ0) is 48.6. The molecule has 69 heavy (non-hydrogen) atoms. The zero-order valence-corrected chi connectivity index (χ0v) is 39.4. The average molecular weight is 951 g/mol. The number of nitrogen functional groups attached to an aromatic ring is 1. The number of methoxy groups -OCH3 is 2. The van der Waals surface area contributed by atoms with Gasteiger partial charge in [-0.25, -0.2) is 18.7 Å². The number of likely N-dealkylation sites (N-methyl/N-ethyl adjacent to an activating group) is 2. The highest BCUT2D eigenvalue weighted by Crippen LogP contribution is 2.39. The molecule has 2 unspecified atom stereocenters. The summed E-state index contributed by atoms with van der Waals surface area (Å²) in [6.45, 7) is 4.81. The molecule has 17 heteroatoms. The van der Waals surface area contributed by atoms with E-state index >= 15 is 0 Å². The Morgan fingerprint density at radius 2 is 1.12 bits per heavy atom. The molecular formula is C52H49ClF2N10O4. The van der Waals surface area contributed by atoms with Gasteiger partial charge in [-0.3, -0.25) is 9.97 Å². The molecule has 0 saturated carbocycles. The first-order valence-electron chi connectivity index (χ1n) is 21.7. The van der Waals surface area contributed by atoms with Gasteiger partial charge in [0, 0.05) is 72.5 Å². The smallest absolute Gasteiger partial charge is 0.229 e. The number of nitrogens with two attached hydrogens (primary N) is 1. The van der Waals surface area contributed by atoms with Crippen LogP contribution in [0.25, 0.3) is 22.3 Å². The van der Waals surface area contributed by atoms with Gasteiger partial charge >= 0.3 is 0 Å². The number of hydrogen-bond acceptors (Lipinski definition) is 14. The SMILES string of the molecule is CN1c2nc(Cl)ncc2OCC1c1ccc(F)cc1.COc1cc(N)ccc1-c1ccnc(C)c1.COc1cc(Nc2ncc3c(n2)N(C)C(c2ccc(F)cc2)CO3)ccc1-c1ccnc(C)c1. The maximum Gasteiger partial charge on any atom is 0.229 e. The summed E-state index contributed by atoms with van der Waals surface area (Å²) < 4.78 is 48.8. The van der Waals surface area contributed by atoms with Crippen LogP contribution in [0.4, 0.5) is 37.7 Å². The third-order valence-corrected chi connectivity index (χ3v) is 11.6. The van der Waals surface area contributed by atoms with E-state index < -0.39 is 0 Å². The molecule has 6 heterocycles. The fourth-order valence-electron chi connectivity index (χ4n) is 7.85. The first-order valence-corrected chi connectivity index (χ1v) is 22.1. The number of ether oxygens (including phenoxy) is 4. The van der Waals surface area contributed by atoms with Crippen LogP contribution in [-0.4, -0.2) is 71.4 Å². The lowest BCUT2D eigenvalue weighted by molar-refractivity contribution is 0.265. The first kappa shape index (κ1) is 47.4. The Morgan fingerprint density at radius 3 is 1.64 bits per heavy atom. The third-order valence-electron chi connectivity index (χ3n) is 11.4. The number of aromatic nitrogens is 6. The lowest BCUT2D eigenvalue weighted by Crippen LogP contribution is -2.34. The van der Waals surface area contributed by atoms with Crippen LogP contribution in [0.2, 0.25) is 5.28 Å². The minimum atomic E-state index is -0.266. The summed E-state index contributed by atoms with van der Waals surface area (Å²) in [6.07, 6.45) is 6.80. The summed E-state index contributed by atoms with van der Waals surface area (Å²) >= 11 is 5.80. The maximum absolute atomic E-state index is 13.4. The van der Waals surface area contributed by atoms with E-state index in [1.165, 1.54) is 24.3 Å². The molecule has 2 aliphatic rings. The molecule has 0 aliphatic carbocycles. The van der Waals surface area contributed by atoms with Crippen LogP contribution in [0.3, 0.4) is 0 Å². The number of anilines is 5. The predicted molar refractivity (Wildman–Crippen MR) is 265 cm³/mol. The van der Waals surface area contributed by atoms with Crippen molar-refractivity contribution in [1.29, 1.82) is 0 Å². The number of pyridine rings is 2. The van der Waals surface area contributed by atoms with Crippen LogP contribution < -0.4 is 39.8 Å². The number of halogens is 3. The summed E-state index contributed by atoms with van der Waals surface area (Å²) in [5.74, 6) is 3.93. The largest absolute Gasteiger partial charge is 0.496 e.